The third kappa shape index (κ3) is 5.81. The number of carboxylic acids is 1. The maximum atomic E-state index is 11.2. The minimum Gasteiger partial charge on any atom is -0.504 e. The number of aromatic nitrogens is 2. The number of rotatable bonds is 4. The van der Waals surface area contributed by atoms with Gasteiger partial charge >= 0.3 is 18.1 Å². The number of carboxylic acid groups (broad SMARTS) is 1. The predicted molar refractivity (Wildman–Crippen MR) is 103 cm³/mol. The van der Waals surface area contributed by atoms with Crippen LogP contribution in [-0.2, 0) is 9.53 Å². The number of hydrogen-bond donors (Lipinski definition) is 2. The van der Waals surface area contributed by atoms with E-state index in [1.54, 1.807) is 18.2 Å². The van der Waals surface area contributed by atoms with Crippen LogP contribution in [0, 0.1) is 0 Å². The average molecular weight is 438 g/mol. The molecule has 2 aromatic carbocycles. The van der Waals surface area contributed by atoms with Crippen molar-refractivity contribution in [1.82, 2.24) is 9.97 Å². The van der Waals surface area contributed by atoms with E-state index in [1.807, 2.05) is 0 Å². The van der Waals surface area contributed by atoms with Crippen molar-refractivity contribution in [3.05, 3.63) is 48.3 Å². The molecule has 3 rings (SSSR count). The largest absolute Gasteiger partial charge is 0.504 e. The van der Waals surface area contributed by atoms with Crippen LogP contribution in [0.2, 0.25) is 0 Å². The number of alkyl halides is 3. The average Bonchev–Trinajstić information content (AvgIpc) is 2.73. The van der Waals surface area contributed by atoms with Crippen LogP contribution in [-0.4, -0.2) is 52.0 Å². The molecule has 0 aliphatic heterocycles. The smallest absolute Gasteiger partial charge is 0.490 e. The Hall–Kier alpha value is -3.89. The highest BCUT2D eigenvalue weighted by Crippen LogP contribution is 2.34. The number of esters is 1. The number of methoxy groups -OCH3 is 1. The second-order valence-electron chi connectivity index (χ2n) is 5.86. The van der Waals surface area contributed by atoms with E-state index in [4.69, 9.17) is 9.84 Å². The van der Waals surface area contributed by atoms with Crippen molar-refractivity contribution >= 4 is 22.8 Å². The first-order valence-electron chi connectivity index (χ1n) is 8.67. The minimum atomic E-state index is -4.85. The van der Waals surface area contributed by atoms with Gasteiger partial charge in [-0.3, -0.25) is 0 Å². The molecule has 11 heteroatoms. The number of hydrogen-bond acceptors (Lipinski definition) is 7. The van der Waals surface area contributed by atoms with E-state index in [2.05, 4.69) is 14.7 Å². The molecule has 8 nitrogen and oxygen atoms in total. The van der Waals surface area contributed by atoms with Gasteiger partial charge < -0.3 is 19.7 Å². The first kappa shape index (κ1) is 23.4. The van der Waals surface area contributed by atoms with Crippen LogP contribution in [0.15, 0.2) is 42.7 Å². The number of aromatic hydroxyl groups is 1. The third-order valence-corrected chi connectivity index (χ3v) is 3.85. The lowest BCUT2D eigenvalue weighted by Gasteiger charge is -2.09. The zero-order valence-electron chi connectivity index (χ0n) is 16.3. The van der Waals surface area contributed by atoms with E-state index in [0.717, 1.165) is 5.56 Å². The number of benzene rings is 2. The lowest BCUT2D eigenvalue weighted by Crippen LogP contribution is -2.25. The highest BCUT2D eigenvalue weighted by Gasteiger charge is 2.40. The maximum absolute atomic E-state index is 11.2. The Morgan fingerprint density at radius 3 is 2.23 bits per heavy atom. The molecule has 0 spiro atoms. The molecule has 0 saturated carbocycles. The fourth-order valence-corrected chi connectivity index (χ4v) is 2.45. The molecule has 31 heavy (non-hydrogen) atoms. The summed E-state index contributed by atoms with van der Waals surface area (Å²) < 4.78 is 42.2. The molecule has 164 valence electrons. The van der Waals surface area contributed by atoms with Gasteiger partial charge in [-0.2, -0.15) is 13.2 Å². The maximum Gasteiger partial charge on any atom is 0.490 e. The normalized spacial score (nSPS) is 10.7. The SMILES string of the molecule is CCOC(=O)C(F)(F)F.COc1cc2c(-c3ccc(C(=O)O)cc3)ncnc2cc1O. The van der Waals surface area contributed by atoms with E-state index in [9.17, 15) is 27.9 Å². The second kappa shape index (κ2) is 9.74. The molecule has 0 bridgehead atoms. The number of phenolic OH excluding ortho intramolecular Hbond substituents is 1. The zero-order valence-corrected chi connectivity index (χ0v) is 16.3. The molecule has 0 amide bonds. The molecule has 1 aromatic heterocycles. The molecular weight excluding hydrogens is 421 g/mol. The molecule has 0 radical (unpaired) electrons. The summed E-state index contributed by atoms with van der Waals surface area (Å²) in [7, 11) is 1.46. The van der Waals surface area contributed by atoms with Crippen LogP contribution in [0.5, 0.6) is 11.5 Å². The number of fused-ring (bicyclic) bond motifs is 1. The van der Waals surface area contributed by atoms with Gasteiger partial charge in [-0.1, -0.05) is 12.1 Å². The summed E-state index contributed by atoms with van der Waals surface area (Å²) in [5, 5.41) is 19.5. The van der Waals surface area contributed by atoms with Gasteiger partial charge in [-0.25, -0.2) is 19.6 Å². The van der Waals surface area contributed by atoms with Gasteiger partial charge in [0.15, 0.2) is 11.5 Å². The van der Waals surface area contributed by atoms with E-state index >= 15 is 0 Å². The standard InChI is InChI=1S/C16H12N2O4.C4H5F3O2/c1-22-14-6-11-12(7-13(14)19)17-8-18-15(11)9-2-4-10(5-3-9)16(20)21;1-2-9-3(8)4(5,6)7/h2-8,19H,1H3,(H,20,21);2H2,1H3. The van der Waals surface area contributed by atoms with Gasteiger partial charge in [0, 0.05) is 17.0 Å². The minimum absolute atomic E-state index is 0.000810. The summed E-state index contributed by atoms with van der Waals surface area (Å²) in [6.45, 7) is 1.06. The first-order chi connectivity index (χ1) is 14.6. The number of phenols is 1. The zero-order chi connectivity index (χ0) is 23.2. The highest BCUT2D eigenvalue weighted by atomic mass is 19.4. The Morgan fingerprint density at radius 1 is 1.10 bits per heavy atom. The molecular formula is C20H17F3N2O6. The number of carbonyl (C=O) groups excluding carboxylic acids is 1. The summed E-state index contributed by atoms with van der Waals surface area (Å²) in [5.74, 6) is -2.79. The molecule has 0 fully saturated rings. The molecule has 3 aromatic rings. The van der Waals surface area contributed by atoms with Crippen LogP contribution in [0.3, 0.4) is 0 Å². The summed E-state index contributed by atoms with van der Waals surface area (Å²) in [6, 6.07) is 9.57. The van der Waals surface area contributed by atoms with Crippen LogP contribution in [0.25, 0.3) is 22.2 Å². The second-order valence-corrected chi connectivity index (χ2v) is 5.86. The Balaban J connectivity index is 0.000000323. The lowest BCUT2D eigenvalue weighted by atomic mass is 10.0. The van der Waals surface area contributed by atoms with E-state index in [1.165, 1.54) is 38.6 Å². The molecule has 2 N–H and O–H groups in total. The monoisotopic (exact) mass is 438 g/mol. The Morgan fingerprint density at radius 2 is 1.74 bits per heavy atom. The molecule has 0 atom stereocenters. The van der Waals surface area contributed by atoms with Gasteiger partial charge in [0.05, 0.1) is 30.5 Å². The quantitative estimate of drug-likeness (QED) is 0.590. The summed E-state index contributed by atoms with van der Waals surface area (Å²) in [4.78, 5) is 29.0. The Bertz CT molecular complexity index is 1080. The van der Waals surface area contributed by atoms with Crippen molar-refractivity contribution in [1.29, 1.82) is 0 Å². The van der Waals surface area contributed by atoms with Gasteiger partial charge in [0.25, 0.3) is 0 Å². The predicted octanol–water partition coefficient (Wildman–Crippen LogP) is 3.82. The van der Waals surface area contributed by atoms with Crippen LogP contribution >= 0.6 is 0 Å². The van der Waals surface area contributed by atoms with Crippen molar-refractivity contribution in [3.8, 4) is 22.8 Å². The molecule has 0 saturated heterocycles. The summed E-state index contributed by atoms with van der Waals surface area (Å²) in [6.07, 6.45) is -3.45. The fourth-order valence-electron chi connectivity index (χ4n) is 2.45. The third-order valence-electron chi connectivity index (χ3n) is 3.85. The van der Waals surface area contributed by atoms with Gasteiger partial charge in [0.2, 0.25) is 0 Å². The van der Waals surface area contributed by atoms with Gasteiger partial charge in [0.1, 0.15) is 6.33 Å². The Labute approximate surface area is 173 Å². The van der Waals surface area contributed by atoms with Crippen molar-refractivity contribution < 1.29 is 42.4 Å². The topological polar surface area (TPSA) is 119 Å². The van der Waals surface area contributed by atoms with Crippen molar-refractivity contribution in [2.45, 2.75) is 13.1 Å². The van der Waals surface area contributed by atoms with Gasteiger partial charge in [-0.05, 0) is 25.1 Å². The first-order valence-corrected chi connectivity index (χ1v) is 8.67. The number of aromatic carboxylic acids is 1. The van der Waals surface area contributed by atoms with Crippen LogP contribution in [0.1, 0.15) is 17.3 Å². The van der Waals surface area contributed by atoms with Crippen molar-refractivity contribution in [2.24, 2.45) is 0 Å². The van der Waals surface area contributed by atoms with E-state index < -0.39 is 18.1 Å². The molecule has 0 aliphatic rings. The van der Waals surface area contributed by atoms with E-state index in [-0.39, 0.29) is 17.9 Å². The fraction of sp³-hybridized carbons (Fsp3) is 0.200. The summed E-state index contributed by atoms with van der Waals surface area (Å²) in [5.41, 5.74) is 2.17. The number of nitrogens with zero attached hydrogens (tertiary/aromatic N) is 2. The summed E-state index contributed by atoms with van der Waals surface area (Å²) >= 11 is 0. The van der Waals surface area contributed by atoms with Crippen molar-refractivity contribution in [2.75, 3.05) is 13.7 Å². The highest BCUT2D eigenvalue weighted by molar-refractivity contribution is 5.95. The van der Waals surface area contributed by atoms with Crippen molar-refractivity contribution in [3.63, 3.8) is 0 Å². The molecule has 0 aliphatic carbocycles. The molecule has 1 heterocycles. The number of halogens is 3. The number of ether oxygens (including phenoxy) is 2. The Kier molecular flexibility index (Phi) is 7.35. The van der Waals surface area contributed by atoms with Crippen LogP contribution < -0.4 is 4.74 Å². The van der Waals surface area contributed by atoms with Crippen LogP contribution in [0.4, 0.5) is 13.2 Å². The number of carbonyl (C=O) groups is 2. The lowest BCUT2D eigenvalue weighted by molar-refractivity contribution is -0.199. The van der Waals surface area contributed by atoms with E-state index in [0.29, 0.717) is 22.3 Å². The van der Waals surface area contributed by atoms with Gasteiger partial charge in [-0.15, -0.1) is 0 Å². The molecule has 0 unspecified atom stereocenters.